The van der Waals surface area contributed by atoms with E-state index < -0.39 is 10.0 Å². The molecule has 0 unspecified atom stereocenters. The van der Waals surface area contributed by atoms with Crippen LogP contribution in [0, 0.1) is 0 Å². The first-order chi connectivity index (χ1) is 14.0. The topological polar surface area (TPSA) is 97.1 Å². The number of sulfonamides is 1. The van der Waals surface area contributed by atoms with Crippen LogP contribution in [0.4, 0.5) is 0 Å². The number of nitrogens with zero attached hydrogens (tertiary/aromatic N) is 2. The van der Waals surface area contributed by atoms with Crippen molar-refractivity contribution in [1.29, 1.82) is 0 Å². The number of aromatic nitrogens is 2. The Morgan fingerprint density at radius 2 is 1.97 bits per heavy atom. The van der Waals surface area contributed by atoms with E-state index in [-0.39, 0.29) is 23.3 Å². The summed E-state index contributed by atoms with van der Waals surface area (Å²) in [5, 5.41) is 5.05. The Bertz CT molecular complexity index is 1240. The highest BCUT2D eigenvalue weighted by molar-refractivity contribution is 7.89. The highest BCUT2D eigenvalue weighted by Crippen LogP contribution is 2.18. The molecule has 0 fully saturated rings. The van der Waals surface area contributed by atoms with E-state index in [2.05, 4.69) is 20.0 Å². The van der Waals surface area contributed by atoms with Crippen molar-refractivity contribution in [2.45, 2.75) is 24.3 Å². The van der Waals surface area contributed by atoms with Crippen molar-refractivity contribution < 1.29 is 12.8 Å². The van der Waals surface area contributed by atoms with Gasteiger partial charge in [0.15, 0.2) is 12.0 Å². The zero-order chi connectivity index (χ0) is 20.3. The molecule has 2 N–H and O–H groups in total. The van der Waals surface area contributed by atoms with Crippen molar-refractivity contribution in [3.63, 3.8) is 0 Å². The Labute approximate surface area is 181 Å². The van der Waals surface area contributed by atoms with E-state index in [0.29, 0.717) is 6.54 Å². The maximum absolute atomic E-state index is 12.7. The minimum absolute atomic E-state index is 0. The number of rotatable bonds is 8. The molecular formula is C21H23ClN4O3S. The highest BCUT2D eigenvalue weighted by Gasteiger charge is 2.17. The fourth-order valence-electron chi connectivity index (χ4n) is 3.21. The second kappa shape index (κ2) is 9.53. The van der Waals surface area contributed by atoms with Crippen LogP contribution < -0.4 is 10.0 Å². The van der Waals surface area contributed by atoms with Gasteiger partial charge in [0.2, 0.25) is 10.0 Å². The van der Waals surface area contributed by atoms with Crippen LogP contribution in [0.5, 0.6) is 0 Å². The second-order valence-corrected chi connectivity index (χ2v) is 8.73. The quantitative estimate of drug-likeness (QED) is 0.403. The third kappa shape index (κ3) is 5.14. The van der Waals surface area contributed by atoms with E-state index >= 15 is 0 Å². The fourth-order valence-corrected chi connectivity index (χ4v) is 4.49. The average molecular weight is 447 g/mol. The molecule has 0 bridgehead atoms. The van der Waals surface area contributed by atoms with Crippen LogP contribution in [-0.2, 0) is 16.4 Å². The molecule has 0 radical (unpaired) electrons. The molecule has 0 saturated carbocycles. The maximum Gasteiger partial charge on any atom is 0.240 e. The number of nitrogens with one attached hydrogen (secondary N) is 2. The molecular weight excluding hydrogens is 424 g/mol. The normalized spacial score (nSPS) is 12.7. The van der Waals surface area contributed by atoms with E-state index in [9.17, 15) is 8.42 Å². The number of halogens is 1. The number of oxazole rings is 1. The van der Waals surface area contributed by atoms with Gasteiger partial charge in [-0.15, -0.1) is 12.4 Å². The lowest BCUT2D eigenvalue weighted by Gasteiger charge is -2.15. The van der Waals surface area contributed by atoms with Crippen molar-refractivity contribution in [2.75, 3.05) is 13.1 Å². The number of benzene rings is 2. The monoisotopic (exact) mass is 446 g/mol. The van der Waals surface area contributed by atoms with Gasteiger partial charge in [0.25, 0.3) is 0 Å². The molecule has 4 rings (SSSR count). The van der Waals surface area contributed by atoms with Gasteiger partial charge in [0.1, 0.15) is 5.52 Å². The first kappa shape index (κ1) is 22.2. The van der Waals surface area contributed by atoms with Gasteiger partial charge in [0, 0.05) is 30.4 Å². The summed E-state index contributed by atoms with van der Waals surface area (Å²) in [6.45, 7) is 3.11. The Hall–Kier alpha value is -2.52. The molecule has 2 heterocycles. The third-order valence-corrected chi connectivity index (χ3v) is 6.30. The average Bonchev–Trinajstić information content (AvgIpc) is 3.18. The molecule has 2 aromatic heterocycles. The molecule has 9 heteroatoms. The number of pyridine rings is 1. The summed E-state index contributed by atoms with van der Waals surface area (Å²) in [4.78, 5) is 8.46. The Morgan fingerprint density at radius 3 is 2.83 bits per heavy atom. The molecule has 2 aromatic carbocycles. The largest absolute Gasteiger partial charge is 0.443 e. The van der Waals surface area contributed by atoms with Crippen LogP contribution >= 0.6 is 12.4 Å². The fraction of sp³-hybridized carbons (Fsp3) is 0.238. The smallest absolute Gasteiger partial charge is 0.240 e. The first-order valence-electron chi connectivity index (χ1n) is 9.40. The molecule has 0 spiro atoms. The summed E-state index contributed by atoms with van der Waals surface area (Å²) in [5.74, 6) is 0. The van der Waals surface area contributed by atoms with Gasteiger partial charge in [0.05, 0.1) is 4.90 Å². The summed E-state index contributed by atoms with van der Waals surface area (Å²) < 4.78 is 33.3. The molecule has 158 valence electrons. The zero-order valence-electron chi connectivity index (χ0n) is 16.4. The van der Waals surface area contributed by atoms with Gasteiger partial charge in [-0.1, -0.05) is 12.1 Å². The molecule has 0 amide bonds. The van der Waals surface area contributed by atoms with Crippen LogP contribution in [0.15, 0.2) is 70.6 Å². The van der Waals surface area contributed by atoms with E-state index in [0.717, 1.165) is 40.4 Å². The second-order valence-electron chi connectivity index (χ2n) is 7.02. The van der Waals surface area contributed by atoms with Crippen LogP contribution in [0.1, 0.15) is 12.5 Å². The maximum atomic E-state index is 12.7. The molecule has 0 aliphatic carbocycles. The predicted molar refractivity (Wildman–Crippen MR) is 119 cm³/mol. The summed E-state index contributed by atoms with van der Waals surface area (Å²) in [6.07, 6.45) is 5.62. The lowest BCUT2D eigenvalue weighted by molar-refractivity contribution is 0.537. The van der Waals surface area contributed by atoms with Crippen molar-refractivity contribution in [3.05, 3.63) is 66.8 Å². The van der Waals surface area contributed by atoms with Crippen LogP contribution in [0.2, 0.25) is 0 Å². The number of hydrogen-bond donors (Lipinski definition) is 2. The standard InChI is InChI=1S/C21H22N4O3S.ClH/c1-15(12-22-8-6-16-2-5-21-20(10-16)24-14-28-21)25-29(26,27)19-4-3-18-13-23-9-7-17(18)11-19;/h2-5,7,9-11,13-15,22,25H,6,8,12H2,1H3;1H/t15-;/m1./s1. The minimum atomic E-state index is -3.59. The van der Waals surface area contributed by atoms with Crippen molar-refractivity contribution >= 4 is 44.3 Å². The molecule has 4 aromatic rings. The molecule has 0 saturated heterocycles. The number of fused-ring (bicyclic) bond motifs is 2. The van der Waals surface area contributed by atoms with E-state index in [1.807, 2.05) is 25.1 Å². The summed E-state index contributed by atoms with van der Waals surface area (Å²) >= 11 is 0. The van der Waals surface area contributed by atoms with Gasteiger partial charge in [-0.05, 0) is 61.2 Å². The summed E-state index contributed by atoms with van der Waals surface area (Å²) in [6, 6.07) is 12.5. The van der Waals surface area contributed by atoms with Crippen molar-refractivity contribution in [2.24, 2.45) is 0 Å². The summed E-state index contributed by atoms with van der Waals surface area (Å²) in [7, 11) is -3.59. The van der Waals surface area contributed by atoms with Gasteiger partial charge in [-0.3, -0.25) is 4.98 Å². The highest BCUT2D eigenvalue weighted by atomic mass is 35.5. The lowest BCUT2D eigenvalue weighted by atomic mass is 10.1. The zero-order valence-corrected chi connectivity index (χ0v) is 18.0. The Morgan fingerprint density at radius 1 is 1.10 bits per heavy atom. The molecule has 0 aliphatic rings. The lowest BCUT2D eigenvalue weighted by Crippen LogP contribution is -2.40. The van der Waals surface area contributed by atoms with Crippen molar-refractivity contribution in [3.8, 4) is 0 Å². The minimum Gasteiger partial charge on any atom is -0.443 e. The van der Waals surface area contributed by atoms with Gasteiger partial charge in [-0.2, -0.15) is 0 Å². The molecule has 0 aliphatic heterocycles. The summed E-state index contributed by atoms with van der Waals surface area (Å²) in [5.41, 5.74) is 2.77. The molecule has 30 heavy (non-hydrogen) atoms. The van der Waals surface area contributed by atoms with Crippen LogP contribution in [0.3, 0.4) is 0 Å². The molecule has 7 nitrogen and oxygen atoms in total. The van der Waals surface area contributed by atoms with E-state index in [4.69, 9.17) is 4.42 Å². The SMILES string of the molecule is C[C@H](CNCCc1ccc2ocnc2c1)NS(=O)(=O)c1ccc2cnccc2c1.Cl. The van der Waals surface area contributed by atoms with Crippen LogP contribution in [-0.4, -0.2) is 37.5 Å². The first-order valence-corrected chi connectivity index (χ1v) is 10.9. The predicted octanol–water partition coefficient (Wildman–Crippen LogP) is 3.30. The Kier molecular flexibility index (Phi) is 7.04. The van der Waals surface area contributed by atoms with Gasteiger partial charge < -0.3 is 9.73 Å². The van der Waals surface area contributed by atoms with Crippen LogP contribution in [0.25, 0.3) is 21.9 Å². The van der Waals surface area contributed by atoms with Crippen molar-refractivity contribution in [1.82, 2.24) is 20.0 Å². The van der Waals surface area contributed by atoms with E-state index in [1.165, 1.54) is 6.39 Å². The van der Waals surface area contributed by atoms with Gasteiger partial charge in [-0.25, -0.2) is 18.1 Å². The Balaban J connectivity index is 0.00000256. The number of hydrogen-bond acceptors (Lipinski definition) is 6. The molecule has 1 atom stereocenters. The van der Waals surface area contributed by atoms with E-state index in [1.54, 1.807) is 36.7 Å². The van der Waals surface area contributed by atoms with Gasteiger partial charge >= 0.3 is 0 Å². The third-order valence-electron chi connectivity index (χ3n) is 4.71.